The first kappa shape index (κ1) is 56.9. The zero-order valence-corrected chi connectivity index (χ0v) is 39.5. The van der Waals surface area contributed by atoms with Gasteiger partial charge in [-0.1, -0.05) is 238 Å². The van der Waals surface area contributed by atoms with E-state index in [1.165, 1.54) is 154 Å². The molecular formula is C53H98O6. The molecule has 0 radical (unpaired) electrons. The van der Waals surface area contributed by atoms with E-state index in [2.05, 4.69) is 45.1 Å². The molecule has 346 valence electrons. The van der Waals surface area contributed by atoms with Crippen molar-refractivity contribution in [1.82, 2.24) is 0 Å². The van der Waals surface area contributed by atoms with Gasteiger partial charge in [-0.2, -0.15) is 0 Å². The maximum absolute atomic E-state index is 12.7. The first-order valence-electron chi connectivity index (χ1n) is 25.8. The van der Waals surface area contributed by atoms with Crippen molar-refractivity contribution in [2.45, 2.75) is 284 Å². The Hall–Kier alpha value is -2.11. The first-order valence-corrected chi connectivity index (χ1v) is 25.8. The third kappa shape index (κ3) is 46.8. The Balaban J connectivity index is 4.13. The van der Waals surface area contributed by atoms with Crippen molar-refractivity contribution < 1.29 is 28.6 Å². The van der Waals surface area contributed by atoms with E-state index in [1.807, 2.05) is 0 Å². The predicted octanol–water partition coefficient (Wildman–Crippen LogP) is 16.8. The maximum atomic E-state index is 12.7. The average molecular weight is 831 g/mol. The molecule has 0 aromatic heterocycles. The van der Waals surface area contributed by atoms with Gasteiger partial charge in [-0.25, -0.2) is 0 Å². The molecule has 0 aliphatic carbocycles. The zero-order valence-electron chi connectivity index (χ0n) is 39.5. The molecule has 0 aromatic carbocycles. The summed E-state index contributed by atoms with van der Waals surface area (Å²) in [5.41, 5.74) is 0. The van der Waals surface area contributed by atoms with Crippen molar-refractivity contribution in [2.24, 2.45) is 0 Å². The second kappa shape index (κ2) is 48.6. The summed E-state index contributed by atoms with van der Waals surface area (Å²) in [5.74, 6) is -0.886. The van der Waals surface area contributed by atoms with Crippen LogP contribution in [0.3, 0.4) is 0 Å². The number of esters is 3. The molecule has 1 atom stereocenters. The minimum absolute atomic E-state index is 0.0732. The Kier molecular flexibility index (Phi) is 46.8. The van der Waals surface area contributed by atoms with Crippen molar-refractivity contribution in [1.29, 1.82) is 0 Å². The molecule has 0 aliphatic heterocycles. The number of carbonyl (C=O) groups is 3. The Bertz CT molecular complexity index is 958. The number of allylic oxidation sites excluding steroid dienone is 4. The summed E-state index contributed by atoms with van der Waals surface area (Å²) >= 11 is 0. The van der Waals surface area contributed by atoms with Gasteiger partial charge in [0.05, 0.1) is 0 Å². The van der Waals surface area contributed by atoms with Crippen LogP contribution in [-0.4, -0.2) is 37.2 Å². The number of ether oxygens (including phenoxy) is 3. The fraction of sp³-hybridized carbons (Fsp3) is 0.868. The number of unbranched alkanes of at least 4 members (excludes halogenated alkanes) is 32. The van der Waals surface area contributed by atoms with Crippen LogP contribution < -0.4 is 0 Å². The van der Waals surface area contributed by atoms with Crippen molar-refractivity contribution in [3.63, 3.8) is 0 Å². The van der Waals surface area contributed by atoms with E-state index in [4.69, 9.17) is 14.2 Å². The summed E-state index contributed by atoms with van der Waals surface area (Å²) in [4.78, 5) is 37.7. The second-order valence-corrected chi connectivity index (χ2v) is 17.4. The fourth-order valence-corrected chi connectivity index (χ4v) is 7.52. The molecule has 0 fully saturated rings. The molecule has 0 saturated heterocycles. The quantitative estimate of drug-likeness (QED) is 0.0263. The molecule has 0 heterocycles. The van der Waals surface area contributed by atoms with Crippen molar-refractivity contribution >= 4 is 17.9 Å². The van der Waals surface area contributed by atoms with Crippen LogP contribution in [0.15, 0.2) is 24.3 Å². The Morgan fingerprint density at radius 2 is 0.627 bits per heavy atom. The van der Waals surface area contributed by atoms with Gasteiger partial charge in [0.2, 0.25) is 0 Å². The monoisotopic (exact) mass is 831 g/mol. The standard InChI is InChI=1S/C53H98O6/c1-4-7-10-13-16-18-20-22-24-25-26-27-28-29-30-32-33-35-37-40-43-46-52(55)58-49-50(48-57-51(54)45-42-39-15-12-9-6-3)59-53(56)47-44-41-38-36-34-31-23-21-19-17-14-11-8-5-2/h14,17,21,23,50H,4-13,15-16,18-20,22,24-49H2,1-3H3/b17-14-,23-21-. The third-order valence-electron chi connectivity index (χ3n) is 11.5. The molecule has 0 rings (SSSR count). The summed E-state index contributed by atoms with van der Waals surface area (Å²) in [6.07, 6.45) is 54.8. The summed E-state index contributed by atoms with van der Waals surface area (Å²) in [5, 5.41) is 0. The normalized spacial score (nSPS) is 12.1. The molecular weight excluding hydrogens is 733 g/mol. The molecule has 6 heteroatoms. The van der Waals surface area contributed by atoms with Gasteiger partial charge >= 0.3 is 17.9 Å². The van der Waals surface area contributed by atoms with Crippen LogP contribution in [0, 0.1) is 0 Å². The van der Waals surface area contributed by atoms with E-state index in [0.29, 0.717) is 19.3 Å². The van der Waals surface area contributed by atoms with Crippen LogP contribution in [0.1, 0.15) is 278 Å². The number of rotatable bonds is 47. The van der Waals surface area contributed by atoms with Gasteiger partial charge in [-0.3, -0.25) is 14.4 Å². The van der Waals surface area contributed by atoms with Crippen LogP contribution in [0.25, 0.3) is 0 Å². The number of carbonyl (C=O) groups excluding carboxylic acids is 3. The topological polar surface area (TPSA) is 78.9 Å². The van der Waals surface area contributed by atoms with Gasteiger partial charge in [0.25, 0.3) is 0 Å². The highest BCUT2D eigenvalue weighted by atomic mass is 16.6. The molecule has 59 heavy (non-hydrogen) atoms. The lowest BCUT2D eigenvalue weighted by Crippen LogP contribution is -2.30. The first-order chi connectivity index (χ1) is 29.0. The number of hydrogen-bond donors (Lipinski definition) is 0. The summed E-state index contributed by atoms with van der Waals surface area (Å²) < 4.78 is 16.7. The van der Waals surface area contributed by atoms with E-state index < -0.39 is 6.10 Å². The van der Waals surface area contributed by atoms with Crippen molar-refractivity contribution in [2.75, 3.05) is 13.2 Å². The number of hydrogen-bond acceptors (Lipinski definition) is 6. The van der Waals surface area contributed by atoms with E-state index in [1.54, 1.807) is 0 Å². The minimum atomic E-state index is -0.770. The average Bonchev–Trinajstić information content (AvgIpc) is 3.23. The van der Waals surface area contributed by atoms with Crippen LogP contribution >= 0.6 is 0 Å². The van der Waals surface area contributed by atoms with Gasteiger partial charge in [0.15, 0.2) is 6.10 Å². The van der Waals surface area contributed by atoms with E-state index in [0.717, 1.165) is 83.5 Å². The molecule has 0 amide bonds. The van der Waals surface area contributed by atoms with Crippen LogP contribution in [0.2, 0.25) is 0 Å². The Labute approximate surface area is 366 Å². The summed E-state index contributed by atoms with van der Waals surface area (Å²) in [6, 6.07) is 0. The fourth-order valence-electron chi connectivity index (χ4n) is 7.52. The summed E-state index contributed by atoms with van der Waals surface area (Å²) in [7, 11) is 0. The minimum Gasteiger partial charge on any atom is -0.462 e. The Morgan fingerprint density at radius 1 is 0.339 bits per heavy atom. The van der Waals surface area contributed by atoms with Crippen molar-refractivity contribution in [3.05, 3.63) is 24.3 Å². The SMILES string of the molecule is CCCC/C=C\C/C=C\CCCCCCCC(=O)OC(COC(=O)CCCCCCCC)COC(=O)CCCCCCCCCCCCCCCCCCCCCCC. The summed E-state index contributed by atoms with van der Waals surface area (Å²) in [6.45, 7) is 6.55. The molecule has 0 bridgehead atoms. The lowest BCUT2D eigenvalue weighted by atomic mass is 10.0. The third-order valence-corrected chi connectivity index (χ3v) is 11.5. The Morgan fingerprint density at radius 3 is 0.983 bits per heavy atom. The van der Waals surface area contributed by atoms with Crippen molar-refractivity contribution in [3.8, 4) is 0 Å². The van der Waals surface area contributed by atoms with Crippen LogP contribution in [0.5, 0.6) is 0 Å². The van der Waals surface area contributed by atoms with E-state index in [-0.39, 0.29) is 31.1 Å². The highest BCUT2D eigenvalue weighted by Crippen LogP contribution is 2.16. The van der Waals surface area contributed by atoms with Gasteiger partial charge in [0.1, 0.15) is 13.2 Å². The van der Waals surface area contributed by atoms with Gasteiger partial charge < -0.3 is 14.2 Å². The highest BCUT2D eigenvalue weighted by molar-refractivity contribution is 5.71. The lowest BCUT2D eigenvalue weighted by molar-refractivity contribution is -0.167. The second-order valence-electron chi connectivity index (χ2n) is 17.4. The molecule has 1 unspecified atom stereocenters. The molecule has 0 saturated carbocycles. The smallest absolute Gasteiger partial charge is 0.306 e. The van der Waals surface area contributed by atoms with Gasteiger partial charge in [-0.15, -0.1) is 0 Å². The largest absolute Gasteiger partial charge is 0.462 e. The predicted molar refractivity (Wildman–Crippen MR) is 252 cm³/mol. The highest BCUT2D eigenvalue weighted by Gasteiger charge is 2.19. The molecule has 0 spiro atoms. The van der Waals surface area contributed by atoms with Gasteiger partial charge in [0, 0.05) is 19.3 Å². The lowest BCUT2D eigenvalue weighted by Gasteiger charge is -2.18. The molecule has 0 aliphatic rings. The van der Waals surface area contributed by atoms with Crippen LogP contribution in [-0.2, 0) is 28.6 Å². The molecule has 6 nitrogen and oxygen atoms in total. The maximum Gasteiger partial charge on any atom is 0.306 e. The van der Waals surface area contributed by atoms with Gasteiger partial charge in [-0.05, 0) is 44.9 Å². The van der Waals surface area contributed by atoms with E-state index in [9.17, 15) is 14.4 Å². The molecule has 0 aromatic rings. The zero-order chi connectivity index (χ0) is 43.0. The van der Waals surface area contributed by atoms with E-state index >= 15 is 0 Å². The molecule has 0 N–H and O–H groups in total. The van der Waals surface area contributed by atoms with Crippen LogP contribution in [0.4, 0.5) is 0 Å².